The summed E-state index contributed by atoms with van der Waals surface area (Å²) >= 11 is 5.96. The van der Waals surface area contributed by atoms with Gasteiger partial charge in [0.25, 0.3) is 0 Å². The van der Waals surface area contributed by atoms with E-state index in [0.29, 0.717) is 0 Å². The van der Waals surface area contributed by atoms with Crippen molar-refractivity contribution in [2.24, 2.45) is 0 Å². The topological polar surface area (TPSA) is 12.0 Å². The summed E-state index contributed by atoms with van der Waals surface area (Å²) < 4.78 is 0. The largest absolute Gasteiger partial charge is 0.309 e. The molecule has 0 amide bonds. The molecule has 0 heterocycles. The van der Waals surface area contributed by atoms with Crippen molar-refractivity contribution in [2.45, 2.75) is 13.0 Å². The number of benzene rings is 1. The first-order chi connectivity index (χ1) is 7.22. The van der Waals surface area contributed by atoms with Crippen molar-refractivity contribution < 1.29 is 0 Å². The minimum Gasteiger partial charge on any atom is -0.309 e. The van der Waals surface area contributed by atoms with Gasteiger partial charge >= 0.3 is 0 Å². The molecule has 0 aliphatic heterocycles. The second kappa shape index (κ2) is 5.74. The van der Waals surface area contributed by atoms with E-state index in [4.69, 9.17) is 11.6 Å². The maximum absolute atomic E-state index is 5.96. The van der Waals surface area contributed by atoms with E-state index in [1.165, 1.54) is 0 Å². The summed E-state index contributed by atoms with van der Waals surface area (Å²) in [5.41, 5.74) is 2.30. The summed E-state index contributed by atoms with van der Waals surface area (Å²) in [6.45, 7) is 5.81. The molecule has 0 aliphatic rings. The second-order valence-electron chi connectivity index (χ2n) is 3.27. The second-order valence-corrected chi connectivity index (χ2v) is 3.71. The van der Waals surface area contributed by atoms with E-state index in [1.807, 2.05) is 38.2 Å². The molecule has 80 valence electrons. The van der Waals surface area contributed by atoms with E-state index in [1.54, 1.807) is 0 Å². The van der Waals surface area contributed by atoms with Crippen LogP contribution >= 0.6 is 11.6 Å². The van der Waals surface area contributed by atoms with Crippen molar-refractivity contribution >= 4 is 11.6 Å². The van der Waals surface area contributed by atoms with Gasteiger partial charge in [-0.05, 0) is 37.2 Å². The van der Waals surface area contributed by atoms with Gasteiger partial charge in [0.1, 0.15) is 0 Å². The molecule has 1 atom stereocenters. The fraction of sp³-hybridized carbons (Fsp3) is 0.231. The van der Waals surface area contributed by atoms with Crippen molar-refractivity contribution in [1.29, 1.82) is 0 Å². The van der Waals surface area contributed by atoms with Crippen LogP contribution < -0.4 is 5.32 Å². The van der Waals surface area contributed by atoms with E-state index >= 15 is 0 Å². The molecule has 1 aromatic carbocycles. The molecule has 1 unspecified atom stereocenters. The van der Waals surface area contributed by atoms with Crippen molar-refractivity contribution in [3.63, 3.8) is 0 Å². The molecule has 15 heavy (non-hydrogen) atoms. The Morgan fingerprint density at radius 2 is 2.27 bits per heavy atom. The number of hydrogen-bond donors (Lipinski definition) is 1. The monoisotopic (exact) mass is 221 g/mol. The zero-order valence-corrected chi connectivity index (χ0v) is 9.88. The van der Waals surface area contributed by atoms with Gasteiger partial charge in [-0.1, -0.05) is 42.5 Å². The lowest BCUT2D eigenvalue weighted by molar-refractivity contribution is 0.690. The third-order valence-electron chi connectivity index (χ3n) is 2.37. The molecule has 2 heteroatoms. The number of halogens is 1. The van der Waals surface area contributed by atoms with Crippen molar-refractivity contribution in [3.05, 3.63) is 59.2 Å². The zero-order chi connectivity index (χ0) is 11.3. The maximum Gasteiger partial charge on any atom is 0.0571 e. The Labute approximate surface area is 96.5 Å². The van der Waals surface area contributed by atoms with Crippen LogP contribution in [0.4, 0.5) is 0 Å². The Balaban J connectivity index is 3.07. The Morgan fingerprint density at radius 1 is 1.53 bits per heavy atom. The quantitative estimate of drug-likeness (QED) is 0.764. The maximum atomic E-state index is 5.96. The van der Waals surface area contributed by atoms with Crippen LogP contribution in [0.25, 0.3) is 0 Å². The summed E-state index contributed by atoms with van der Waals surface area (Å²) in [6.07, 6.45) is 3.91. The van der Waals surface area contributed by atoms with E-state index < -0.39 is 0 Å². The van der Waals surface area contributed by atoms with Crippen molar-refractivity contribution in [1.82, 2.24) is 5.32 Å². The van der Waals surface area contributed by atoms with Gasteiger partial charge in [0.2, 0.25) is 0 Å². The minimum absolute atomic E-state index is 0.159. The Bertz CT molecular complexity index is 369. The molecule has 0 saturated heterocycles. The molecule has 0 fully saturated rings. The molecule has 0 aliphatic carbocycles. The van der Waals surface area contributed by atoms with Crippen molar-refractivity contribution in [3.8, 4) is 0 Å². The van der Waals surface area contributed by atoms with Crippen LogP contribution in [0.3, 0.4) is 0 Å². The fourth-order valence-electron chi connectivity index (χ4n) is 1.61. The van der Waals surface area contributed by atoms with Gasteiger partial charge in [-0.25, -0.2) is 0 Å². The minimum atomic E-state index is 0.159. The smallest absolute Gasteiger partial charge is 0.0571 e. The number of allylic oxidation sites excluding steroid dienone is 1. The van der Waals surface area contributed by atoms with Crippen LogP contribution in [0, 0.1) is 0 Å². The first-order valence-corrected chi connectivity index (χ1v) is 5.32. The van der Waals surface area contributed by atoms with Gasteiger partial charge in [0, 0.05) is 5.02 Å². The lowest BCUT2D eigenvalue weighted by Crippen LogP contribution is -2.17. The highest BCUT2D eigenvalue weighted by atomic mass is 35.5. The van der Waals surface area contributed by atoms with Crippen LogP contribution in [0.2, 0.25) is 5.02 Å². The molecule has 0 bridgehead atoms. The number of hydrogen-bond acceptors (Lipinski definition) is 1. The van der Waals surface area contributed by atoms with Crippen LogP contribution in [0.5, 0.6) is 0 Å². The number of rotatable bonds is 4. The van der Waals surface area contributed by atoms with Gasteiger partial charge < -0.3 is 5.32 Å². The van der Waals surface area contributed by atoms with Crippen LogP contribution in [0.1, 0.15) is 18.5 Å². The average molecular weight is 222 g/mol. The molecule has 0 saturated carbocycles. The first kappa shape index (κ1) is 12.0. The van der Waals surface area contributed by atoms with E-state index in [-0.39, 0.29) is 6.04 Å². The van der Waals surface area contributed by atoms with E-state index in [2.05, 4.69) is 24.0 Å². The lowest BCUT2D eigenvalue weighted by Gasteiger charge is -2.18. The third kappa shape index (κ3) is 2.95. The molecule has 1 rings (SSSR count). The number of nitrogens with one attached hydrogen (secondary N) is 1. The van der Waals surface area contributed by atoms with E-state index in [0.717, 1.165) is 16.2 Å². The predicted octanol–water partition coefficient (Wildman–Crippen LogP) is 3.73. The summed E-state index contributed by atoms with van der Waals surface area (Å²) in [5.74, 6) is 0. The van der Waals surface area contributed by atoms with Gasteiger partial charge in [0.05, 0.1) is 6.04 Å². The average Bonchev–Trinajstić information content (AvgIpc) is 2.25. The van der Waals surface area contributed by atoms with Crippen LogP contribution in [0.15, 0.2) is 48.6 Å². The number of likely N-dealkylation sites (N-methyl/N-ethyl adjacent to an activating group) is 1. The Kier molecular flexibility index (Phi) is 4.60. The van der Waals surface area contributed by atoms with Gasteiger partial charge in [-0.3, -0.25) is 0 Å². The van der Waals surface area contributed by atoms with Gasteiger partial charge in [0.15, 0.2) is 0 Å². The van der Waals surface area contributed by atoms with Crippen molar-refractivity contribution in [2.75, 3.05) is 7.05 Å². The SMILES string of the molecule is C=C/C(=C/C)C(NC)c1cccc(Cl)c1. The van der Waals surface area contributed by atoms with E-state index in [9.17, 15) is 0 Å². The zero-order valence-electron chi connectivity index (χ0n) is 9.13. The third-order valence-corrected chi connectivity index (χ3v) is 2.61. The summed E-state index contributed by atoms with van der Waals surface area (Å²) in [4.78, 5) is 0. The summed E-state index contributed by atoms with van der Waals surface area (Å²) in [6, 6.07) is 8.01. The predicted molar refractivity (Wildman–Crippen MR) is 67.2 cm³/mol. The summed E-state index contributed by atoms with van der Waals surface area (Å²) in [7, 11) is 1.93. The Hall–Kier alpha value is -1.05. The molecular weight excluding hydrogens is 206 g/mol. The molecule has 1 aromatic rings. The van der Waals surface area contributed by atoms with Gasteiger partial charge in [-0.15, -0.1) is 0 Å². The highest BCUT2D eigenvalue weighted by Gasteiger charge is 2.11. The molecule has 1 N–H and O–H groups in total. The summed E-state index contributed by atoms with van der Waals surface area (Å²) in [5, 5.41) is 4.01. The molecule has 1 nitrogen and oxygen atoms in total. The fourth-order valence-corrected chi connectivity index (χ4v) is 1.81. The standard InChI is InChI=1S/C13H16ClN/c1-4-10(5-2)13(15-3)11-7-6-8-12(14)9-11/h4-9,13,15H,1H2,2-3H3/b10-5-. The normalized spacial score (nSPS) is 13.7. The first-order valence-electron chi connectivity index (χ1n) is 4.94. The highest BCUT2D eigenvalue weighted by Crippen LogP contribution is 2.24. The van der Waals surface area contributed by atoms with Crippen LogP contribution in [-0.4, -0.2) is 7.05 Å². The van der Waals surface area contributed by atoms with Gasteiger partial charge in [-0.2, -0.15) is 0 Å². The molecule has 0 aromatic heterocycles. The van der Waals surface area contributed by atoms with Crippen LogP contribution in [-0.2, 0) is 0 Å². The highest BCUT2D eigenvalue weighted by molar-refractivity contribution is 6.30. The molecular formula is C13H16ClN. The molecule has 0 radical (unpaired) electrons. The Morgan fingerprint density at radius 3 is 2.73 bits per heavy atom. The molecule has 0 spiro atoms. The lowest BCUT2D eigenvalue weighted by atomic mass is 9.99.